The standard InChI is InChI=1S/C14H12N4O3/c1-8-10(14(19)20)4-3-5-11(8)21-13-12-17-16-9(2)18(12)7-6-15-13/h3-7H,1-2H3,(H,19,20). The van der Waals surface area contributed by atoms with Crippen LogP contribution in [0.2, 0.25) is 0 Å². The van der Waals surface area contributed by atoms with Crippen LogP contribution in [0.5, 0.6) is 11.6 Å². The molecule has 3 aromatic rings. The summed E-state index contributed by atoms with van der Waals surface area (Å²) in [5.41, 5.74) is 1.21. The van der Waals surface area contributed by atoms with Gasteiger partial charge in [-0.15, -0.1) is 10.2 Å². The minimum atomic E-state index is -0.998. The third kappa shape index (κ3) is 2.18. The zero-order valence-corrected chi connectivity index (χ0v) is 11.4. The molecule has 3 rings (SSSR count). The molecule has 0 fully saturated rings. The number of hydrogen-bond donors (Lipinski definition) is 1. The molecule has 0 aliphatic rings. The largest absolute Gasteiger partial charge is 0.478 e. The zero-order valence-electron chi connectivity index (χ0n) is 11.4. The number of benzene rings is 1. The van der Waals surface area contributed by atoms with Gasteiger partial charge in [-0.1, -0.05) is 6.07 Å². The lowest BCUT2D eigenvalue weighted by atomic mass is 10.1. The molecule has 2 heterocycles. The van der Waals surface area contributed by atoms with Crippen LogP contribution in [0.4, 0.5) is 0 Å². The number of hydrogen-bond acceptors (Lipinski definition) is 5. The molecule has 0 atom stereocenters. The molecule has 0 amide bonds. The highest BCUT2D eigenvalue weighted by atomic mass is 16.5. The summed E-state index contributed by atoms with van der Waals surface area (Å²) in [5, 5.41) is 17.1. The highest BCUT2D eigenvalue weighted by Gasteiger charge is 2.14. The van der Waals surface area contributed by atoms with E-state index in [9.17, 15) is 4.79 Å². The lowest BCUT2D eigenvalue weighted by Crippen LogP contribution is -2.02. The van der Waals surface area contributed by atoms with Crippen LogP contribution in [0.3, 0.4) is 0 Å². The quantitative estimate of drug-likeness (QED) is 0.793. The molecule has 7 heteroatoms. The fraction of sp³-hybridized carbons (Fsp3) is 0.143. The number of aromatic carboxylic acids is 1. The van der Waals surface area contributed by atoms with E-state index in [1.807, 2.05) is 6.92 Å². The van der Waals surface area contributed by atoms with Crippen molar-refractivity contribution in [2.24, 2.45) is 0 Å². The summed E-state index contributed by atoms with van der Waals surface area (Å²) in [4.78, 5) is 15.3. The minimum absolute atomic E-state index is 0.192. The topological polar surface area (TPSA) is 89.6 Å². The molecule has 0 aliphatic carbocycles. The van der Waals surface area contributed by atoms with Crippen molar-refractivity contribution in [3.8, 4) is 11.6 Å². The molecule has 0 unspecified atom stereocenters. The van der Waals surface area contributed by atoms with Gasteiger partial charge in [-0.25, -0.2) is 9.78 Å². The summed E-state index contributed by atoms with van der Waals surface area (Å²) >= 11 is 0. The van der Waals surface area contributed by atoms with E-state index in [4.69, 9.17) is 9.84 Å². The Morgan fingerprint density at radius 1 is 1.29 bits per heavy atom. The molecule has 1 aromatic carbocycles. The summed E-state index contributed by atoms with van der Waals surface area (Å²) < 4.78 is 7.48. The van der Waals surface area contributed by atoms with E-state index in [0.29, 0.717) is 22.8 Å². The molecular formula is C14H12N4O3. The summed E-state index contributed by atoms with van der Waals surface area (Å²) in [6, 6.07) is 4.84. The minimum Gasteiger partial charge on any atom is -0.478 e. The predicted molar refractivity (Wildman–Crippen MR) is 73.7 cm³/mol. The van der Waals surface area contributed by atoms with E-state index in [-0.39, 0.29) is 11.4 Å². The van der Waals surface area contributed by atoms with Crippen molar-refractivity contribution in [2.75, 3.05) is 0 Å². The second kappa shape index (κ2) is 4.86. The number of carbonyl (C=O) groups is 1. The van der Waals surface area contributed by atoms with Crippen LogP contribution in [0.25, 0.3) is 5.65 Å². The van der Waals surface area contributed by atoms with Gasteiger partial charge in [0.1, 0.15) is 11.6 Å². The van der Waals surface area contributed by atoms with Crippen molar-refractivity contribution >= 4 is 11.6 Å². The molecule has 0 bridgehead atoms. The van der Waals surface area contributed by atoms with Gasteiger partial charge in [0, 0.05) is 18.0 Å². The summed E-state index contributed by atoms with van der Waals surface area (Å²) in [5.74, 6) is 0.426. The number of nitrogens with zero attached hydrogens (tertiary/aromatic N) is 4. The highest BCUT2D eigenvalue weighted by molar-refractivity contribution is 5.90. The van der Waals surface area contributed by atoms with E-state index in [2.05, 4.69) is 15.2 Å². The Labute approximate surface area is 119 Å². The van der Waals surface area contributed by atoms with E-state index >= 15 is 0 Å². The zero-order chi connectivity index (χ0) is 15.0. The molecule has 2 aromatic heterocycles. The Morgan fingerprint density at radius 3 is 2.86 bits per heavy atom. The van der Waals surface area contributed by atoms with Gasteiger partial charge in [0.15, 0.2) is 0 Å². The van der Waals surface area contributed by atoms with E-state index in [1.54, 1.807) is 35.9 Å². The maximum absolute atomic E-state index is 11.1. The number of aryl methyl sites for hydroxylation is 1. The number of rotatable bonds is 3. The number of carboxylic acid groups (broad SMARTS) is 1. The van der Waals surface area contributed by atoms with E-state index in [0.717, 1.165) is 0 Å². The van der Waals surface area contributed by atoms with E-state index < -0.39 is 5.97 Å². The van der Waals surface area contributed by atoms with Crippen LogP contribution in [0.1, 0.15) is 21.7 Å². The Bertz CT molecular complexity index is 841. The third-order valence-electron chi connectivity index (χ3n) is 3.19. The van der Waals surface area contributed by atoms with Crippen molar-refractivity contribution in [2.45, 2.75) is 13.8 Å². The van der Waals surface area contributed by atoms with Gasteiger partial charge in [-0.05, 0) is 26.0 Å². The second-order valence-corrected chi connectivity index (χ2v) is 4.51. The predicted octanol–water partition coefficient (Wildman–Crippen LogP) is 2.23. The first-order chi connectivity index (χ1) is 10.1. The van der Waals surface area contributed by atoms with Crippen LogP contribution < -0.4 is 4.74 Å². The average Bonchev–Trinajstić information content (AvgIpc) is 2.84. The van der Waals surface area contributed by atoms with Crippen molar-refractivity contribution in [3.05, 3.63) is 47.5 Å². The van der Waals surface area contributed by atoms with Crippen LogP contribution in [0.15, 0.2) is 30.6 Å². The highest BCUT2D eigenvalue weighted by Crippen LogP contribution is 2.27. The average molecular weight is 284 g/mol. The van der Waals surface area contributed by atoms with Crippen LogP contribution in [-0.4, -0.2) is 30.7 Å². The second-order valence-electron chi connectivity index (χ2n) is 4.51. The van der Waals surface area contributed by atoms with Gasteiger partial charge < -0.3 is 9.84 Å². The maximum atomic E-state index is 11.1. The Balaban J connectivity index is 2.07. The number of carboxylic acids is 1. The summed E-state index contributed by atoms with van der Waals surface area (Å²) in [6.45, 7) is 3.51. The number of fused-ring (bicyclic) bond motifs is 1. The van der Waals surface area contributed by atoms with Crippen LogP contribution >= 0.6 is 0 Å². The fourth-order valence-corrected chi connectivity index (χ4v) is 2.05. The Morgan fingerprint density at radius 2 is 2.10 bits per heavy atom. The first kappa shape index (κ1) is 13.0. The summed E-state index contributed by atoms with van der Waals surface area (Å²) in [6.07, 6.45) is 3.31. The number of ether oxygens (including phenoxy) is 1. The molecule has 7 nitrogen and oxygen atoms in total. The Kier molecular flexibility index (Phi) is 3.02. The van der Waals surface area contributed by atoms with Crippen molar-refractivity contribution in [1.29, 1.82) is 0 Å². The molecule has 106 valence electrons. The third-order valence-corrected chi connectivity index (χ3v) is 3.19. The lowest BCUT2D eigenvalue weighted by Gasteiger charge is -2.10. The smallest absolute Gasteiger partial charge is 0.336 e. The van der Waals surface area contributed by atoms with Gasteiger partial charge >= 0.3 is 5.97 Å². The monoisotopic (exact) mass is 284 g/mol. The normalized spacial score (nSPS) is 10.8. The molecule has 1 N–H and O–H groups in total. The van der Waals surface area contributed by atoms with Gasteiger partial charge in [0.25, 0.3) is 5.88 Å². The molecule has 0 saturated carbocycles. The molecular weight excluding hydrogens is 272 g/mol. The molecule has 0 spiro atoms. The van der Waals surface area contributed by atoms with Crippen LogP contribution in [-0.2, 0) is 0 Å². The van der Waals surface area contributed by atoms with Gasteiger partial charge in [0.05, 0.1) is 5.56 Å². The van der Waals surface area contributed by atoms with Crippen LogP contribution in [0, 0.1) is 13.8 Å². The molecule has 0 aliphatic heterocycles. The van der Waals surface area contributed by atoms with Gasteiger partial charge in [0.2, 0.25) is 5.65 Å². The van der Waals surface area contributed by atoms with Crippen molar-refractivity contribution < 1.29 is 14.6 Å². The lowest BCUT2D eigenvalue weighted by molar-refractivity contribution is 0.0695. The SMILES string of the molecule is Cc1c(Oc2nccn3c(C)nnc23)cccc1C(=O)O. The number of aromatic nitrogens is 4. The first-order valence-electron chi connectivity index (χ1n) is 6.25. The fourth-order valence-electron chi connectivity index (χ4n) is 2.05. The first-order valence-corrected chi connectivity index (χ1v) is 6.25. The molecule has 21 heavy (non-hydrogen) atoms. The Hall–Kier alpha value is -2.96. The van der Waals surface area contributed by atoms with Gasteiger partial charge in [-0.2, -0.15) is 0 Å². The van der Waals surface area contributed by atoms with Crippen molar-refractivity contribution in [1.82, 2.24) is 19.6 Å². The molecule has 0 radical (unpaired) electrons. The van der Waals surface area contributed by atoms with Gasteiger partial charge in [-0.3, -0.25) is 4.40 Å². The van der Waals surface area contributed by atoms with E-state index in [1.165, 1.54) is 6.07 Å². The maximum Gasteiger partial charge on any atom is 0.336 e. The summed E-state index contributed by atoms with van der Waals surface area (Å²) in [7, 11) is 0. The molecule has 0 saturated heterocycles. The van der Waals surface area contributed by atoms with Crippen molar-refractivity contribution in [3.63, 3.8) is 0 Å².